The zero-order chi connectivity index (χ0) is 13.8. The molecule has 2 unspecified atom stereocenters. The zero-order valence-electron chi connectivity index (χ0n) is 11.9. The van der Waals surface area contributed by atoms with Crippen molar-refractivity contribution in [1.29, 1.82) is 0 Å². The molecule has 5 heteroatoms. The van der Waals surface area contributed by atoms with Crippen molar-refractivity contribution in [3.05, 3.63) is 23.5 Å². The van der Waals surface area contributed by atoms with Crippen LogP contribution in [0.15, 0.2) is 23.5 Å². The first-order valence-electron chi connectivity index (χ1n) is 6.86. The van der Waals surface area contributed by atoms with Crippen molar-refractivity contribution in [2.24, 2.45) is 0 Å². The Labute approximate surface area is 113 Å². The van der Waals surface area contributed by atoms with Crippen LogP contribution in [0.1, 0.15) is 40.5 Å². The van der Waals surface area contributed by atoms with E-state index in [2.05, 4.69) is 0 Å². The van der Waals surface area contributed by atoms with Crippen molar-refractivity contribution in [1.82, 2.24) is 0 Å². The summed E-state index contributed by atoms with van der Waals surface area (Å²) in [4.78, 5) is 0. The summed E-state index contributed by atoms with van der Waals surface area (Å²) in [5, 5.41) is 0. The third-order valence-electron chi connectivity index (χ3n) is 4.51. The summed E-state index contributed by atoms with van der Waals surface area (Å²) >= 11 is 0. The fourth-order valence-corrected chi connectivity index (χ4v) is 2.61. The maximum absolute atomic E-state index is 13.3. The summed E-state index contributed by atoms with van der Waals surface area (Å²) in [5.74, 6) is 0.665. The lowest BCUT2D eigenvalue weighted by atomic mass is 9.78. The molecule has 3 aliphatic rings. The van der Waals surface area contributed by atoms with Crippen LogP contribution in [-0.4, -0.2) is 30.5 Å². The summed E-state index contributed by atoms with van der Waals surface area (Å²) in [6.07, 6.45) is 3.72. The first-order valence-corrected chi connectivity index (χ1v) is 6.86. The minimum Gasteiger partial charge on any atom is -0.492 e. The molecule has 0 aromatic carbocycles. The number of halogens is 1. The van der Waals surface area contributed by atoms with Crippen LogP contribution in [0.5, 0.6) is 0 Å². The molecule has 0 saturated carbocycles. The van der Waals surface area contributed by atoms with E-state index in [9.17, 15) is 4.39 Å². The second-order valence-electron chi connectivity index (χ2n) is 6.50. The smallest absolute Gasteiger partial charge is 0.492 e. The van der Waals surface area contributed by atoms with Gasteiger partial charge >= 0.3 is 7.12 Å². The van der Waals surface area contributed by atoms with Crippen LogP contribution in [0.2, 0.25) is 0 Å². The first kappa shape index (κ1) is 13.2. The molecule has 0 spiro atoms. The van der Waals surface area contributed by atoms with Crippen molar-refractivity contribution >= 4 is 7.12 Å². The molecular formula is C14H20BFO3. The number of fused-ring (bicyclic) bond motifs is 1. The summed E-state index contributed by atoms with van der Waals surface area (Å²) in [6.45, 7) is 8.08. The Morgan fingerprint density at radius 2 is 1.84 bits per heavy atom. The average molecular weight is 266 g/mol. The highest BCUT2D eigenvalue weighted by atomic mass is 19.1. The van der Waals surface area contributed by atoms with E-state index < -0.39 is 13.3 Å². The van der Waals surface area contributed by atoms with Gasteiger partial charge < -0.3 is 14.0 Å². The van der Waals surface area contributed by atoms with Crippen LogP contribution in [0.3, 0.4) is 0 Å². The third kappa shape index (κ3) is 2.13. The van der Waals surface area contributed by atoms with E-state index in [-0.39, 0.29) is 17.2 Å². The second kappa shape index (κ2) is 4.09. The first-order chi connectivity index (χ1) is 8.78. The average Bonchev–Trinajstić information content (AvgIpc) is 2.78. The Hall–Kier alpha value is -0.805. The Balaban J connectivity index is 1.75. The zero-order valence-corrected chi connectivity index (χ0v) is 11.9. The number of hydrogen-bond donors (Lipinski definition) is 0. The molecule has 2 fully saturated rings. The maximum atomic E-state index is 13.3. The molecule has 0 N–H and O–H groups in total. The molecule has 0 amide bonds. The largest absolute Gasteiger partial charge is 0.502 e. The molecule has 2 atom stereocenters. The molecule has 0 aromatic heterocycles. The fourth-order valence-electron chi connectivity index (χ4n) is 2.61. The minimum atomic E-state index is -0.934. The van der Waals surface area contributed by atoms with Crippen molar-refractivity contribution in [3.8, 4) is 0 Å². The van der Waals surface area contributed by atoms with Crippen molar-refractivity contribution in [3.63, 3.8) is 0 Å². The topological polar surface area (TPSA) is 27.7 Å². The van der Waals surface area contributed by atoms with Gasteiger partial charge in [0.1, 0.15) is 17.9 Å². The van der Waals surface area contributed by atoms with Gasteiger partial charge in [-0.1, -0.05) is 6.08 Å². The van der Waals surface area contributed by atoms with Crippen molar-refractivity contribution in [2.75, 3.05) is 0 Å². The lowest BCUT2D eigenvalue weighted by Crippen LogP contribution is -2.41. The molecule has 3 nitrogen and oxygen atoms in total. The predicted molar refractivity (Wildman–Crippen MR) is 71.3 cm³/mol. The van der Waals surface area contributed by atoms with Crippen LogP contribution in [0.25, 0.3) is 0 Å². The number of alkyl halides is 1. The van der Waals surface area contributed by atoms with Crippen LogP contribution in [-0.2, 0) is 14.0 Å². The summed E-state index contributed by atoms with van der Waals surface area (Å²) in [6, 6.07) is -0.177. The van der Waals surface area contributed by atoms with E-state index in [0.29, 0.717) is 12.2 Å². The van der Waals surface area contributed by atoms with Gasteiger partial charge in [-0.3, -0.25) is 0 Å². The normalized spacial score (nSPS) is 35.5. The van der Waals surface area contributed by atoms with Crippen molar-refractivity contribution in [2.45, 2.75) is 63.9 Å². The Bertz CT molecular complexity index is 440. The predicted octanol–water partition coefficient (Wildman–Crippen LogP) is 2.96. The van der Waals surface area contributed by atoms with Gasteiger partial charge in [0.15, 0.2) is 0 Å². The van der Waals surface area contributed by atoms with Crippen LogP contribution in [0, 0.1) is 0 Å². The summed E-state index contributed by atoms with van der Waals surface area (Å²) < 4.78 is 31.1. The molecule has 0 radical (unpaired) electrons. The van der Waals surface area contributed by atoms with Gasteiger partial charge in [0.25, 0.3) is 0 Å². The molecule has 2 heterocycles. The lowest BCUT2D eigenvalue weighted by molar-refractivity contribution is 0.00578. The van der Waals surface area contributed by atoms with Gasteiger partial charge in [-0.2, -0.15) is 0 Å². The van der Waals surface area contributed by atoms with Crippen LogP contribution < -0.4 is 0 Å². The maximum Gasteiger partial charge on any atom is 0.502 e. The van der Waals surface area contributed by atoms with Gasteiger partial charge in [-0.15, -0.1) is 0 Å². The van der Waals surface area contributed by atoms with E-state index in [1.54, 1.807) is 6.08 Å². The van der Waals surface area contributed by atoms with E-state index in [1.807, 2.05) is 33.8 Å². The van der Waals surface area contributed by atoms with Crippen LogP contribution in [0.4, 0.5) is 4.39 Å². The highest BCUT2D eigenvalue weighted by Gasteiger charge is 2.56. The number of hydrogen-bond acceptors (Lipinski definition) is 3. The monoisotopic (exact) mass is 266 g/mol. The van der Waals surface area contributed by atoms with Gasteiger partial charge in [0.2, 0.25) is 0 Å². The molecule has 1 aliphatic carbocycles. The number of ether oxygens (including phenoxy) is 1. The Morgan fingerprint density at radius 3 is 2.47 bits per heavy atom. The van der Waals surface area contributed by atoms with E-state index >= 15 is 0 Å². The quantitative estimate of drug-likeness (QED) is 0.683. The summed E-state index contributed by atoms with van der Waals surface area (Å²) in [7, 11) is -0.393. The SMILES string of the molecule is CC1(C)OB(C2CC3=CCC(F)C=C3O2)OC1(C)C. The highest BCUT2D eigenvalue weighted by molar-refractivity contribution is 6.47. The van der Waals surface area contributed by atoms with Gasteiger partial charge in [-0.05, 0) is 39.3 Å². The molecule has 0 aromatic rings. The number of allylic oxidation sites excluding steroid dienone is 3. The van der Waals surface area contributed by atoms with Gasteiger partial charge in [0.05, 0.1) is 11.2 Å². The van der Waals surface area contributed by atoms with Gasteiger partial charge in [-0.25, -0.2) is 4.39 Å². The molecule has 3 rings (SSSR count). The molecular weight excluding hydrogens is 246 g/mol. The molecule has 0 bridgehead atoms. The second-order valence-corrected chi connectivity index (χ2v) is 6.50. The molecule has 2 saturated heterocycles. The molecule has 19 heavy (non-hydrogen) atoms. The third-order valence-corrected chi connectivity index (χ3v) is 4.51. The molecule has 2 aliphatic heterocycles. The van der Waals surface area contributed by atoms with Crippen LogP contribution >= 0.6 is 0 Å². The molecule has 104 valence electrons. The Morgan fingerprint density at radius 1 is 1.21 bits per heavy atom. The highest BCUT2D eigenvalue weighted by Crippen LogP contribution is 2.42. The summed E-state index contributed by atoms with van der Waals surface area (Å²) in [5.41, 5.74) is 0.356. The van der Waals surface area contributed by atoms with Gasteiger partial charge in [0, 0.05) is 12.8 Å². The lowest BCUT2D eigenvalue weighted by Gasteiger charge is -2.32. The van der Waals surface area contributed by atoms with Crippen molar-refractivity contribution < 1.29 is 18.4 Å². The van der Waals surface area contributed by atoms with E-state index in [4.69, 9.17) is 14.0 Å². The fraction of sp³-hybridized carbons (Fsp3) is 0.714. The van der Waals surface area contributed by atoms with E-state index in [1.165, 1.54) is 0 Å². The minimum absolute atomic E-state index is 0.177. The number of rotatable bonds is 1. The Kier molecular flexibility index (Phi) is 2.84. The van der Waals surface area contributed by atoms with E-state index in [0.717, 1.165) is 12.0 Å². The standard InChI is InChI=1S/C14H20BFO3/c1-13(2)14(3,4)19-15(18-13)12-7-9-5-6-10(16)8-11(9)17-12/h5,8,10,12H,6-7H2,1-4H3.